The molecule has 0 saturated carbocycles. The predicted molar refractivity (Wildman–Crippen MR) is 98.1 cm³/mol. The number of ether oxygens (including phenoxy) is 2. The Kier molecular flexibility index (Phi) is 5.40. The molecule has 1 aliphatic heterocycles. The number of aliphatic imine (C=N–C) groups is 1. The summed E-state index contributed by atoms with van der Waals surface area (Å²) in [5, 5.41) is 18.1. The Hall–Kier alpha value is -2.31. The van der Waals surface area contributed by atoms with Crippen molar-refractivity contribution >= 4 is 28.7 Å². The van der Waals surface area contributed by atoms with Gasteiger partial charge in [-0.1, -0.05) is 11.6 Å². The van der Waals surface area contributed by atoms with Gasteiger partial charge < -0.3 is 19.5 Å². The molecule has 0 aromatic heterocycles. The van der Waals surface area contributed by atoms with E-state index >= 15 is 0 Å². The van der Waals surface area contributed by atoms with Crippen molar-refractivity contribution < 1.29 is 14.6 Å². The molecule has 1 saturated heterocycles. The molecule has 1 aromatic rings. The van der Waals surface area contributed by atoms with Crippen LogP contribution in [0.2, 0.25) is 5.02 Å². The van der Waals surface area contributed by atoms with Gasteiger partial charge in [0.05, 0.1) is 47.7 Å². The third kappa shape index (κ3) is 4.03. The van der Waals surface area contributed by atoms with Crippen LogP contribution in [0.5, 0.6) is 5.75 Å². The summed E-state index contributed by atoms with van der Waals surface area (Å²) in [5.74, 6) is 0.571. The first kappa shape index (κ1) is 17.5. The van der Waals surface area contributed by atoms with Crippen LogP contribution in [-0.4, -0.2) is 54.3 Å². The second-order valence-corrected chi connectivity index (χ2v) is 6.02. The van der Waals surface area contributed by atoms with E-state index in [1.165, 1.54) is 6.07 Å². The second-order valence-electron chi connectivity index (χ2n) is 5.62. The van der Waals surface area contributed by atoms with E-state index in [2.05, 4.69) is 9.89 Å². The number of nitrogens with one attached hydrogen (secondary N) is 1. The van der Waals surface area contributed by atoms with Crippen molar-refractivity contribution in [2.24, 2.45) is 4.99 Å². The van der Waals surface area contributed by atoms with Crippen LogP contribution in [0.15, 0.2) is 46.8 Å². The summed E-state index contributed by atoms with van der Waals surface area (Å²) in [6, 6.07) is 4.66. The van der Waals surface area contributed by atoms with E-state index in [9.17, 15) is 5.11 Å². The molecule has 2 aliphatic rings. The van der Waals surface area contributed by atoms with E-state index in [0.29, 0.717) is 47.7 Å². The molecule has 1 aliphatic carbocycles. The van der Waals surface area contributed by atoms with E-state index in [1.807, 2.05) is 6.92 Å². The molecule has 0 bridgehead atoms. The van der Waals surface area contributed by atoms with E-state index in [0.717, 1.165) is 18.8 Å². The van der Waals surface area contributed by atoms with Crippen molar-refractivity contribution in [3.63, 3.8) is 0 Å². The summed E-state index contributed by atoms with van der Waals surface area (Å²) in [5.41, 5.74) is 2.39. The van der Waals surface area contributed by atoms with Gasteiger partial charge in [-0.3, -0.25) is 5.41 Å². The SMILES string of the molecule is CCOC1=CC(=Nc2ccc(O)cc2Cl)C(N2CCOCC2)=CC1=N. The number of aromatic hydroxyl groups is 1. The number of phenols is 1. The van der Waals surface area contributed by atoms with Crippen LogP contribution in [0.1, 0.15) is 6.92 Å². The van der Waals surface area contributed by atoms with Gasteiger partial charge in [-0.2, -0.15) is 0 Å². The Bertz CT molecular complexity index is 765. The number of hydrogen-bond donors (Lipinski definition) is 2. The minimum absolute atomic E-state index is 0.0915. The molecule has 132 valence electrons. The molecule has 7 heteroatoms. The van der Waals surface area contributed by atoms with Crippen molar-refractivity contribution in [2.75, 3.05) is 32.9 Å². The molecule has 0 unspecified atom stereocenters. The van der Waals surface area contributed by atoms with Gasteiger partial charge in [0.2, 0.25) is 0 Å². The monoisotopic (exact) mass is 361 g/mol. The van der Waals surface area contributed by atoms with Gasteiger partial charge in [-0.15, -0.1) is 0 Å². The van der Waals surface area contributed by atoms with Gasteiger partial charge in [0.1, 0.15) is 11.5 Å². The molecule has 0 spiro atoms. The number of nitrogens with zero attached hydrogens (tertiary/aromatic N) is 2. The highest BCUT2D eigenvalue weighted by molar-refractivity contribution is 6.33. The van der Waals surface area contributed by atoms with E-state index in [1.54, 1.807) is 24.3 Å². The Morgan fingerprint density at radius 3 is 2.76 bits per heavy atom. The molecule has 1 heterocycles. The van der Waals surface area contributed by atoms with Crippen LogP contribution in [-0.2, 0) is 9.47 Å². The van der Waals surface area contributed by atoms with Crippen molar-refractivity contribution in [3.8, 4) is 5.75 Å². The average molecular weight is 362 g/mol. The summed E-state index contributed by atoms with van der Waals surface area (Å²) in [6.45, 7) is 5.10. The minimum atomic E-state index is 0.0915. The molecular weight excluding hydrogens is 342 g/mol. The first-order valence-electron chi connectivity index (χ1n) is 8.14. The zero-order valence-corrected chi connectivity index (χ0v) is 14.7. The Balaban J connectivity index is 2.01. The summed E-state index contributed by atoms with van der Waals surface area (Å²) < 4.78 is 11.0. The lowest BCUT2D eigenvalue weighted by molar-refractivity contribution is 0.0565. The molecule has 2 N–H and O–H groups in total. The van der Waals surface area contributed by atoms with Crippen LogP contribution >= 0.6 is 11.6 Å². The van der Waals surface area contributed by atoms with Crippen LogP contribution in [0, 0.1) is 5.41 Å². The number of hydrogen-bond acceptors (Lipinski definition) is 6. The lowest BCUT2D eigenvalue weighted by Gasteiger charge is -2.32. The largest absolute Gasteiger partial charge is 0.508 e. The highest BCUT2D eigenvalue weighted by Crippen LogP contribution is 2.30. The lowest BCUT2D eigenvalue weighted by atomic mass is 10.0. The normalized spacial score (nSPS) is 19.7. The van der Waals surface area contributed by atoms with E-state index < -0.39 is 0 Å². The first-order valence-corrected chi connectivity index (χ1v) is 8.51. The maximum Gasteiger partial charge on any atom is 0.146 e. The molecule has 3 rings (SSSR count). The van der Waals surface area contributed by atoms with Crippen molar-refractivity contribution in [1.29, 1.82) is 5.41 Å². The Labute approximate surface area is 151 Å². The number of rotatable bonds is 4. The van der Waals surface area contributed by atoms with Crippen LogP contribution in [0.4, 0.5) is 5.69 Å². The van der Waals surface area contributed by atoms with Crippen LogP contribution < -0.4 is 0 Å². The molecule has 1 aromatic carbocycles. The van der Waals surface area contributed by atoms with Crippen LogP contribution in [0.3, 0.4) is 0 Å². The number of allylic oxidation sites excluding steroid dienone is 2. The fourth-order valence-electron chi connectivity index (χ4n) is 2.70. The first-order chi connectivity index (χ1) is 12.1. The fraction of sp³-hybridized carbons (Fsp3) is 0.333. The van der Waals surface area contributed by atoms with Gasteiger partial charge in [0.25, 0.3) is 0 Å². The summed E-state index contributed by atoms with van der Waals surface area (Å²) in [4.78, 5) is 6.80. The number of benzene rings is 1. The molecule has 0 atom stereocenters. The highest BCUT2D eigenvalue weighted by atomic mass is 35.5. The molecule has 1 fully saturated rings. The smallest absolute Gasteiger partial charge is 0.146 e. The maximum atomic E-state index is 9.52. The Morgan fingerprint density at radius 1 is 1.32 bits per heavy atom. The van der Waals surface area contributed by atoms with Crippen molar-refractivity contribution in [1.82, 2.24) is 4.90 Å². The van der Waals surface area contributed by atoms with E-state index in [-0.39, 0.29) is 5.75 Å². The zero-order chi connectivity index (χ0) is 17.8. The minimum Gasteiger partial charge on any atom is -0.508 e. The predicted octanol–water partition coefficient (Wildman–Crippen LogP) is 3.29. The molecule has 6 nitrogen and oxygen atoms in total. The third-order valence-electron chi connectivity index (χ3n) is 3.90. The topological polar surface area (TPSA) is 78.1 Å². The van der Waals surface area contributed by atoms with Gasteiger partial charge in [-0.25, -0.2) is 4.99 Å². The van der Waals surface area contributed by atoms with Gasteiger partial charge >= 0.3 is 0 Å². The van der Waals surface area contributed by atoms with E-state index in [4.69, 9.17) is 26.5 Å². The summed E-state index contributed by atoms with van der Waals surface area (Å²) >= 11 is 6.19. The van der Waals surface area contributed by atoms with Crippen molar-refractivity contribution in [2.45, 2.75) is 6.92 Å². The summed E-state index contributed by atoms with van der Waals surface area (Å²) in [6.07, 6.45) is 3.53. The molecule has 0 amide bonds. The molecule has 0 radical (unpaired) electrons. The average Bonchev–Trinajstić information content (AvgIpc) is 2.61. The maximum absolute atomic E-state index is 9.52. The molecular formula is C18H20ClN3O3. The quantitative estimate of drug-likeness (QED) is 0.807. The highest BCUT2D eigenvalue weighted by Gasteiger charge is 2.24. The number of phenolic OH excluding ortho intramolecular Hbond substituents is 1. The lowest BCUT2D eigenvalue weighted by Crippen LogP contribution is -2.39. The van der Waals surface area contributed by atoms with Gasteiger partial charge in [0.15, 0.2) is 0 Å². The zero-order valence-electron chi connectivity index (χ0n) is 14.0. The standard InChI is InChI=1S/C18H20ClN3O3/c1-2-25-18-11-16(21-15-4-3-12(23)9-13(15)19)17(10-14(18)20)22-5-7-24-8-6-22/h3-4,9-11,20,23H,2,5-8H2,1H3. The van der Waals surface area contributed by atoms with Crippen LogP contribution in [0.25, 0.3) is 0 Å². The fourth-order valence-corrected chi connectivity index (χ4v) is 2.91. The second kappa shape index (κ2) is 7.72. The number of halogens is 1. The third-order valence-corrected chi connectivity index (χ3v) is 4.20. The molecule has 25 heavy (non-hydrogen) atoms. The van der Waals surface area contributed by atoms with Gasteiger partial charge in [-0.05, 0) is 25.1 Å². The Morgan fingerprint density at radius 2 is 2.08 bits per heavy atom. The van der Waals surface area contributed by atoms with Crippen molar-refractivity contribution in [3.05, 3.63) is 46.8 Å². The summed E-state index contributed by atoms with van der Waals surface area (Å²) in [7, 11) is 0. The van der Waals surface area contributed by atoms with Gasteiger partial charge in [0, 0.05) is 25.2 Å². The number of morpholine rings is 1.